The zero-order chi connectivity index (χ0) is 11.4. The van der Waals surface area contributed by atoms with Crippen LogP contribution >= 0.6 is 0 Å². The molecule has 0 amide bonds. The van der Waals surface area contributed by atoms with Gasteiger partial charge in [0.1, 0.15) is 6.10 Å². The Kier molecular flexibility index (Phi) is 3.64. The van der Waals surface area contributed by atoms with E-state index in [0.29, 0.717) is 0 Å². The highest BCUT2D eigenvalue weighted by Gasteiger charge is 2.32. The van der Waals surface area contributed by atoms with Gasteiger partial charge in [-0.1, -0.05) is 6.08 Å². The standard InChI is InChI=1S/C13H20O3/c1-11(14)16-12-5-4-8-13(9-6-12)7-2-3-10-15-13/h6,9,12H,2-5,7-8,10H2,1H3. The van der Waals surface area contributed by atoms with Crippen molar-refractivity contribution in [3.8, 4) is 0 Å². The number of carbonyl (C=O) groups is 1. The summed E-state index contributed by atoms with van der Waals surface area (Å²) in [5, 5.41) is 0. The highest BCUT2D eigenvalue weighted by Crippen LogP contribution is 2.34. The number of carbonyl (C=O) groups excluding carboxylic acids is 1. The predicted molar refractivity (Wildman–Crippen MR) is 61.1 cm³/mol. The normalized spacial score (nSPS) is 34.7. The first-order valence-corrected chi connectivity index (χ1v) is 6.21. The monoisotopic (exact) mass is 224 g/mol. The molecule has 1 fully saturated rings. The van der Waals surface area contributed by atoms with Crippen LogP contribution < -0.4 is 0 Å². The lowest BCUT2D eigenvalue weighted by atomic mass is 9.89. The minimum Gasteiger partial charge on any atom is -0.458 e. The van der Waals surface area contributed by atoms with E-state index in [1.54, 1.807) is 0 Å². The van der Waals surface area contributed by atoms with Crippen molar-refractivity contribution in [2.24, 2.45) is 0 Å². The summed E-state index contributed by atoms with van der Waals surface area (Å²) in [4.78, 5) is 10.9. The molecule has 16 heavy (non-hydrogen) atoms. The fraction of sp³-hybridized carbons (Fsp3) is 0.769. The number of ether oxygens (including phenoxy) is 2. The maximum absolute atomic E-state index is 10.9. The number of hydrogen-bond donors (Lipinski definition) is 0. The van der Waals surface area contributed by atoms with Crippen LogP contribution in [0.25, 0.3) is 0 Å². The Morgan fingerprint density at radius 3 is 2.88 bits per heavy atom. The SMILES string of the molecule is CC(=O)OC1C=CC2(CCCCO2)CCC1. The second-order valence-electron chi connectivity index (χ2n) is 4.77. The molecule has 90 valence electrons. The summed E-state index contributed by atoms with van der Waals surface area (Å²) in [6.45, 7) is 2.33. The van der Waals surface area contributed by atoms with Crippen LogP contribution in [0.4, 0.5) is 0 Å². The molecule has 0 saturated carbocycles. The zero-order valence-corrected chi connectivity index (χ0v) is 9.91. The molecule has 2 atom stereocenters. The van der Waals surface area contributed by atoms with E-state index < -0.39 is 0 Å². The van der Waals surface area contributed by atoms with E-state index in [9.17, 15) is 4.79 Å². The van der Waals surface area contributed by atoms with E-state index in [1.165, 1.54) is 19.8 Å². The van der Waals surface area contributed by atoms with Gasteiger partial charge in [0.25, 0.3) is 0 Å². The Bertz CT molecular complexity index is 277. The van der Waals surface area contributed by atoms with Gasteiger partial charge in [-0.25, -0.2) is 0 Å². The number of hydrogen-bond acceptors (Lipinski definition) is 3. The highest BCUT2D eigenvalue weighted by atomic mass is 16.5. The van der Waals surface area contributed by atoms with Crippen LogP contribution in [0.15, 0.2) is 12.2 Å². The zero-order valence-electron chi connectivity index (χ0n) is 9.91. The second kappa shape index (κ2) is 5.00. The molecule has 0 bridgehead atoms. The first kappa shape index (κ1) is 11.6. The Morgan fingerprint density at radius 1 is 1.38 bits per heavy atom. The topological polar surface area (TPSA) is 35.5 Å². The van der Waals surface area contributed by atoms with Crippen LogP contribution in [-0.2, 0) is 14.3 Å². The van der Waals surface area contributed by atoms with Gasteiger partial charge in [-0.3, -0.25) is 4.79 Å². The molecule has 1 aliphatic heterocycles. The molecule has 0 N–H and O–H groups in total. The lowest BCUT2D eigenvalue weighted by Crippen LogP contribution is -2.33. The summed E-state index contributed by atoms with van der Waals surface area (Å²) in [6.07, 6.45) is 10.6. The Labute approximate surface area is 96.8 Å². The van der Waals surface area contributed by atoms with Crippen molar-refractivity contribution < 1.29 is 14.3 Å². The van der Waals surface area contributed by atoms with Crippen LogP contribution in [0.2, 0.25) is 0 Å². The largest absolute Gasteiger partial charge is 0.458 e. The molecule has 1 spiro atoms. The molecule has 1 saturated heterocycles. The highest BCUT2D eigenvalue weighted by molar-refractivity contribution is 5.66. The first-order chi connectivity index (χ1) is 7.70. The van der Waals surface area contributed by atoms with Crippen molar-refractivity contribution in [1.29, 1.82) is 0 Å². The van der Waals surface area contributed by atoms with E-state index in [-0.39, 0.29) is 17.7 Å². The van der Waals surface area contributed by atoms with Gasteiger partial charge in [0.05, 0.1) is 5.60 Å². The molecule has 2 aliphatic rings. The summed E-state index contributed by atoms with van der Waals surface area (Å²) in [5.74, 6) is -0.199. The van der Waals surface area contributed by atoms with E-state index in [1.807, 2.05) is 6.08 Å². The van der Waals surface area contributed by atoms with Crippen molar-refractivity contribution >= 4 is 5.97 Å². The quantitative estimate of drug-likeness (QED) is 0.507. The molecule has 1 heterocycles. The number of rotatable bonds is 1. The molecule has 1 aliphatic carbocycles. The third-order valence-corrected chi connectivity index (χ3v) is 3.40. The van der Waals surface area contributed by atoms with Gasteiger partial charge in [-0.15, -0.1) is 0 Å². The van der Waals surface area contributed by atoms with Crippen LogP contribution in [0.3, 0.4) is 0 Å². The summed E-state index contributed by atoms with van der Waals surface area (Å²) in [5.41, 5.74) is -0.0624. The molecular formula is C13H20O3. The van der Waals surface area contributed by atoms with Crippen LogP contribution in [0.5, 0.6) is 0 Å². The van der Waals surface area contributed by atoms with Crippen molar-refractivity contribution in [3.63, 3.8) is 0 Å². The third-order valence-electron chi connectivity index (χ3n) is 3.40. The van der Waals surface area contributed by atoms with E-state index in [0.717, 1.165) is 32.3 Å². The fourth-order valence-electron chi connectivity index (χ4n) is 2.58. The molecule has 2 rings (SSSR count). The molecule has 0 radical (unpaired) electrons. The minimum absolute atomic E-state index is 0.0533. The Hall–Kier alpha value is -0.830. The summed E-state index contributed by atoms with van der Waals surface area (Å²) >= 11 is 0. The van der Waals surface area contributed by atoms with Crippen LogP contribution in [0, 0.1) is 0 Å². The average molecular weight is 224 g/mol. The van der Waals surface area contributed by atoms with Gasteiger partial charge in [-0.2, -0.15) is 0 Å². The molecule has 3 heteroatoms. The molecule has 0 aromatic carbocycles. The van der Waals surface area contributed by atoms with Crippen LogP contribution in [0.1, 0.15) is 45.4 Å². The van der Waals surface area contributed by atoms with Crippen molar-refractivity contribution in [2.75, 3.05) is 6.61 Å². The second-order valence-corrected chi connectivity index (χ2v) is 4.77. The molecule has 0 aromatic heterocycles. The van der Waals surface area contributed by atoms with Gasteiger partial charge in [0.2, 0.25) is 0 Å². The Balaban J connectivity index is 2.00. The molecule has 2 unspecified atom stereocenters. The maximum Gasteiger partial charge on any atom is 0.303 e. The third kappa shape index (κ3) is 2.85. The van der Waals surface area contributed by atoms with Crippen molar-refractivity contribution in [1.82, 2.24) is 0 Å². The van der Waals surface area contributed by atoms with Crippen LogP contribution in [-0.4, -0.2) is 24.3 Å². The summed E-state index contributed by atoms with van der Waals surface area (Å²) in [7, 11) is 0. The first-order valence-electron chi connectivity index (χ1n) is 6.21. The van der Waals surface area contributed by atoms with Gasteiger partial charge in [0, 0.05) is 13.5 Å². The summed E-state index contributed by atoms with van der Waals surface area (Å²) in [6, 6.07) is 0. The van der Waals surface area contributed by atoms with Gasteiger partial charge in [-0.05, 0) is 44.6 Å². The molecule has 0 aromatic rings. The van der Waals surface area contributed by atoms with E-state index in [4.69, 9.17) is 9.47 Å². The average Bonchev–Trinajstić information content (AvgIpc) is 2.43. The molecule has 3 nitrogen and oxygen atoms in total. The summed E-state index contributed by atoms with van der Waals surface area (Å²) < 4.78 is 11.1. The smallest absolute Gasteiger partial charge is 0.303 e. The Morgan fingerprint density at radius 2 is 2.19 bits per heavy atom. The lowest BCUT2D eigenvalue weighted by molar-refractivity contribution is -0.144. The fourth-order valence-corrected chi connectivity index (χ4v) is 2.58. The number of esters is 1. The predicted octanol–water partition coefficient (Wildman–Crippen LogP) is 2.60. The van der Waals surface area contributed by atoms with Gasteiger partial charge in [0.15, 0.2) is 0 Å². The lowest BCUT2D eigenvalue weighted by Gasteiger charge is -2.34. The van der Waals surface area contributed by atoms with Crippen molar-refractivity contribution in [3.05, 3.63) is 12.2 Å². The minimum atomic E-state index is -0.199. The van der Waals surface area contributed by atoms with Gasteiger partial charge < -0.3 is 9.47 Å². The van der Waals surface area contributed by atoms with Crippen molar-refractivity contribution in [2.45, 2.75) is 57.2 Å². The molecular weight excluding hydrogens is 204 g/mol. The van der Waals surface area contributed by atoms with Gasteiger partial charge >= 0.3 is 5.97 Å². The van der Waals surface area contributed by atoms with E-state index >= 15 is 0 Å². The maximum atomic E-state index is 10.9. The van der Waals surface area contributed by atoms with E-state index in [2.05, 4.69) is 6.08 Å².